The van der Waals surface area contributed by atoms with Gasteiger partial charge >= 0.3 is 11.8 Å². The fraction of sp³-hybridized carbons (Fsp3) is 0.158. The Kier molecular flexibility index (Phi) is 5.60. The van der Waals surface area contributed by atoms with Crippen LogP contribution in [-0.2, 0) is 16.1 Å². The number of hydrogen-bond donors (Lipinski definition) is 3. The average Bonchev–Trinajstić information content (AvgIpc) is 3.09. The molecule has 0 saturated carbocycles. The van der Waals surface area contributed by atoms with Crippen molar-refractivity contribution in [3.8, 4) is 0 Å². The molecule has 1 heterocycles. The lowest BCUT2D eigenvalue weighted by Crippen LogP contribution is -2.41. The summed E-state index contributed by atoms with van der Waals surface area (Å²) in [5, 5.41) is 17.9. The maximum Gasteiger partial charge on any atom is 0.309 e. The second-order valence-electron chi connectivity index (χ2n) is 5.72. The highest BCUT2D eigenvalue weighted by Crippen LogP contribution is 2.29. The first-order valence-electron chi connectivity index (χ1n) is 7.99. The van der Waals surface area contributed by atoms with Gasteiger partial charge in [-0.05, 0) is 34.5 Å². The molecular weight excluding hydrogens is 355 g/mol. The molecule has 0 saturated heterocycles. The zero-order valence-corrected chi connectivity index (χ0v) is 14.6. The van der Waals surface area contributed by atoms with Crippen molar-refractivity contribution in [3.63, 3.8) is 0 Å². The number of fused-ring (bicyclic) bond motifs is 1. The fourth-order valence-corrected chi connectivity index (χ4v) is 3.51. The van der Waals surface area contributed by atoms with E-state index in [0.717, 1.165) is 15.6 Å². The van der Waals surface area contributed by atoms with Crippen molar-refractivity contribution in [3.05, 3.63) is 70.9 Å². The normalized spacial score (nSPS) is 11.9. The molecule has 0 bridgehead atoms. The zero-order chi connectivity index (χ0) is 18.5. The minimum absolute atomic E-state index is 0.0659. The third-order valence-corrected chi connectivity index (χ3v) is 4.88. The van der Waals surface area contributed by atoms with Crippen LogP contribution in [0.5, 0.6) is 0 Å². The summed E-state index contributed by atoms with van der Waals surface area (Å²) in [6, 6.07) is 13.3. The summed E-state index contributed by atoms with van der Waals surface area (Å²) in [4.78, 5) is 23.7. The summed E-state index contributed by atoms with van der Waals surface area (Å²) >= 11 is 1.51. The molecule has 0 aliphatic carbocycles. The summed E-state index contributed by atoms with van der Waals surface area (Å²) in [5.41, 5.74) is 1.40. The van der Waals surface area contributed by atoms with E-state index in [4.69, 9.17) is 0 Å². The molecule has 3 aromatic rings. The van der Waals surface area contributed by atoms with Gasteiger partial charge in [-0.3, -0.25) is 9.59 Å². The van der Waals surface area contributed by atoms with Crippen LogP contribution >= 0.6 is 11.3 Å². The highest BCUT2D eigenvalue weighted by molar-refractivity contribution is 7.17. The maximum atomic E-state index is 12.8. The van der Waals surface area contributed by atoms with E-state index < -0.39 is 17.9 Å². The largest absolute Gasteiger partial charge is 0.387 e. The lowest BCUT2D eigenvalue weighted by Gasteiger charge is -2.11. The van der Waals surface area contributed by atoms with Gasteiger partial charge in [-0.25, -0.2) is 4.39 Å². The lowest BCUT2D eigenvalue weighted by molar-refractivity contribution is -0.139. The van der Waals surface area contributed by atoms with Crippen molar-refractivity contribution in [2.75, 3.05) is 6.54 Å². The molecule has 2 aromatic carbocycles. The molecule has 0 unspecified atom stereocenters. The number of carbonyl (C=O) groups excluding carboxylic acids is 2. The van der Waals surface area contributed by atoms with E-state index in [0.29, 0.717) is 5.56 Å². The molecule has 5 nitrogen and oxygen atoms in total. The zero-order valence-electron chi connectivity index (χ0n) is 13.7. The topological polar surface area (TPSA) is 78.4 Å². The van der Waals surface area contributed by atoms with E-state index >= 15 is 0 Å². The summed E-state index contributed by atoms with van der Waals surface area (Å²) < 4.78 is 13.9. The Morgan fingerprint density at radius 2 is 1.73 bits per heavy atom. The first-order chi connectivity index (χ1) is 12.5. The van der Waals surface area contributed by atoms with Gasteiger partial charge in [0.25, 0.3) is 0 Å². The van der Waals surface area contributed by atoms with Crippen LogP contribution in [0.1, 0.15) is 17.2 Å². The van der Waals surface area contributed by atoms with Gasteiger partial charge in [0, 0.05) is 23.4 Å². The number of halogens is 1. The number of aliphatic hydroxyl groups excluding tert-OH is 1. The third kappa shape index (κ3) is 4.25. The van der Waals surface area contributed by atoms with Gasteiger partial charge in [0.2, 0.25) is 0 Å². The summed E-state index contributed by atoms with van der Waals surface area (Å²) in [6.07, 6.45) is -0.903. The van der Waals surface area contributed by atoms with Crippen LogP contribution in [0.3, 0.4) is 0 Å². The van der Waals surface area contributed by atoms with Crippen molar-refractivity contribution < 1.29 is 19.1 Å². The van der Waals surface area contributed by atoms with E-state index in [1.807, 2.05) is 29.6 Å². The number of amides is 2. The summed E-state index contributed by atoms with van der Waals surface area (Å²) in [5.74, 6) is -2.00. The lowest BCUT2D eigenvalue weighted by atomic mass is 10.1. The van der Waals surface area contributed by atoms with E-state index in [1.54, 1.807) is 0 Å². The Morgan fingerprint density at radius 1 is 1.04 bits per heavy atom. The predicted molar refractivity (Wildman–Crippen MR) is 98.0 cm³/mol. The molecule has 3 N–H and O–H groups in total. The predicted octanol–water partition coefficient (Wildman–Crippen LogP) is 2.51. The Morgan fingerprint density at radius 3 is 2.50 bits per heavy atom. The SMILES string of the molecule is O=C(NCc1ccc(F)cc1)C(=O)NC[C@@H](O)c1csc2ccccc12. The van der Waals surface area contributed by atoms with Crippen molar-refractivity contribution in [1.82, 2.24) is 10.6 Å². The molecule has 26 heavy (non-hydrogen) atoms. The Bertz CT molecular complexity index is 924. The molecule has 1 atom stereocenters. The number of benzene rings is 2. The summed E-state index contributed by atoms with van der Waals surface area (Å²) in [6.45, 7) is 0.0494. The minimum atomic E-state index is -0.903. The molecule has 7 heteroatoms. The van der Waals surface area contributed by atoms with Gasteiger partial charge in [-0.2, -0.15) is 0 Å². The van der Waals surface area contributed by atoms with Gasteiger partial charge in [0.1, 0.15) is 5.82 Å². The van der Waals surface area contributed by atoms with Gasteiger partial charge in [0.05, 0.1) is 6.10 Å². The van der Waals surface area contributed by atoms with Crippen molar-refractivity contribution in [2.45, 2.75) is 12.6 Å². The van der Waals surface area contributed by atoms with Crippen LogP contribution in [0.15, 0.2) is 53.9 Å². The molecule has 0 aliphatic heterocycles. The van der Waals surface area contributed by atoms with E-state index in [-0.39, 0.29) is 18.9 Å². The first kappa shape index (κ1) is 18.0. The van der Waals surface area contributed by atoms with Crippen LogP contribution in [0.4, 0.5) is 4.39 Å². The number of rotatable bonds is 5. The van der Waals surface area contributed by atoms with Gasteiger partial charge in [-0.1, -0.05) is 30.3 Å². The maximum absolute atomic E-state index is 12.8. The highest BCUT2D eigenvalue weighted by atomic mass is 32.1. The monoisotopic (exact) mass is 372 g/mol. The second-order valence-corrected chi connectivity index (χ2v) is 6.63. The highest BCUT2D eigenvalue weighted by Gasteiger charge is 2.17. The van der Waals surface area contributed by atoms with Crippen LogP contribution in [0.25, 0.3) is 10.1 Å². The fourth-order valence-electron chi connectivity index (χ4n) is 2.50. The molecule has 3 rings (SSSR count). The van der Waals surface area contributed by atoms with E-state index in [2.05, 4.69) is 10.6 Å². The van der Waals surface area contributed by atoms with Crippen LogP contribution in [-0.4, -0.2) is 23.5 Å². The number of carbonyl (C=O) groups is 2. The number of nitrogens with one attached hydrogen (secondary N) is 2. The Labute approximate surface area is 153 Å². The smallest absolute Gasteiger partial charge is 0.309 e. The van der Waals surface area contributed by atoms with Crippen molar-refractivity contribution in [1.29, 1.82) is 0 Å². The van der Waals surface area contributed by atoms with Crippen LogP contribution in [0.2, 0.25) is 0 Å². The Hall–Kier alpha value is -2.77. The number of aliphatic hydroxyl groups is 1. The Balaban J connectivity index is 1.51. The molecule has 0 spiro atoms. The van der Waals surface area contributed by atoms with Gasteiger partial charge in [0.15, 0.2) is 0 Å². The molecule has 0 radical (unpaired) electrons. The second kappa shape index (κ2) is 8.07. The molecule has 1 aromatic heterocycles. The van der Waals surface area contributed by atoms with E-state index in [1.165, 1.54) is 35.6 Å². The molecular formula is C19H17FN2O3S. The molecule has 0 aliphatic rings. The van der Waals surface area contributed by atoms with Crippen molar-refractivity contribution in [2.24, 2.45) is 0 Å². The molecule has 134 valence electrons. The summed E-state index contributed by atoms with van der Waals surface area (Å²) in [7, 11) is 0. The standard InChI is InChI=1S/C19H17FN2O3S/c20-13-7-5-12(6-8-13)9-21-18(24)19(25)22-10-16(23)15-11-26-17-4-2-1-3-14(15)17/h1-8,11,16,23H,9-10H2,(H,21,24)(H,22,25)/t16-/m1/s1. The number of hydrogen-bond acceptors (Lipinski definition) is 4. The third-order valence-electron chi connectivity index (χ3n) is 3.90. The molecule has 0 fully saturated rings. The van der Waals surface area contributed by atoms with Crippen LogP contribution in [0, 0.1) is 5.82 Å². The van der Waals surface area contributed by atoms with Crippen LogP contribution < -0.4 is 10.6 Å². The first-order valence-corrected chi connectivity index (χ1v) is 8.87. The quantitative estimate of drug-likeness (QED) is 0.602. The van der Waals surface area contributed by atoms with E-state index in [9.17, 15) is 19.1 Å². The van der Waals surface area contributed by atoms with Crippen molar-refractivity contribution >= 4 is 33.2 Å². The number of thiophene rings is 1. The van der Waals surface area contributed by atoms with Gasteiger partial charge in [-0.15, -0.1) is 11.3 Å². The minimum Gasteiger partial charge on any atom is -0.387 e. The average molecular weight is 372 g/mol. The molecule has 2 amide bonds. The van der Waals surface area contributed by atoms with Gasteiger partial charge < -0.3 is 15.7 Å².